The molecule has 1 aliphatic heterocycles. The van der Waals surface area contributed by atoms with E-state index in [-0.39, 0.29) is 27.0 Å². The molecule has 3 aliphatic rings. The van der Waals surface area contributed by atoms with Gasteiger partial charge in [-0.1, -0.05) is 72.2 Å². The molecule has 2 bridgehead atoms. The van der Waals surface area contributed by atoms with E-state index in [1.807, 2.05) is 12.1 Å². The Hall–Kier alpha value is -2.98. The summed E-state index contributed by atoms with van der Waals surface area (Å²) < 4.78 is -0.149. The molecule has 2 unspecified atom stereocenters. The predicted octanol–water partition coefficient (Wildman–Crippen LogP) is 7.18. The highest BCUT2D eigenvalue weighted by Crippen LogP contribution is 2.61. The van der Waals surface area contributed by atoms with Crippen LogP contribution in [0.2, 0.25) is 0 Å². The fraction of sp³-hybridized carbons (Fsp3) is 0.290. The zero-order chi connectivity index (χ0) is 24.7. The van der Waals surface area contributed by atoms with Crippen LogP contribution in [0.5, 0.6) is 0 Å². The molecule has 0 saturated carbocycles. The van der Waals surface area contributed by atoms with Gasteiger partial charge < -0.3 is 0 Å². The quantitative estimate of drug-likeness (QED) is 0.195. The van der Waals surface area contributed by atoms with Gasteiger partial charge >= 0.3 is 0 Å². The van der Waals surface area contributed by atoms with Crippen LogP contribution in [0.3, 0.4) is 0 Å². The second kappa shape index (κ2) is 6.22. The Morgan fingerprint density at radius 3 is 1.83 bits per heavy atom. The van der Waals surface area contributed by atoms with Gasteiger partial charge in [-0.15, -0.1) is 0 Å². The molecule has 4 aromatic rings. The van der Waals surface area contributed by atoms with E-state index in [2.05, 4.69) is 86.1 Å². The van der Waals surface area contributed by atoms with Gasteiger partial charge in [0, 0.05) is 38.7 Å². The van der Waals surface area contributed by atoms with Crippen LogP contribution in [0, 0.1) is 0 Å². The van der Waals surface area contributed by atoms with Gasteiger partial charge in [-0.25, -0.2) is 0 Å². The van der Waals surface area contributed by atoms with Crippen molar-refractivity contribution in [2.45, 2.75) is 49.3 Å². The summed E-state index contributed by atoms with van der Waals surface area (Å²) >= 11 is 3.91. The van der Waals surface area contributed by atoms with E-state index in [1.165, 1.54) is 43.5 Å². The summed E-state index contributed by atoms with van der Waals surface area (Å²) in [6, 6.07) is 19.5. The third-order valence-electron chi connectivity index (χ3n) is 9.00. The Morgan fingerprint density at radius 1 is 0.743 bits per heavy atom. The lowest BCUT2D eigenvalue weighted by atomic mass is 9.51. The minimum atomic E-state index is -0.240. The highest BCUT2D eigenvalue weighted by molar-refractivity contribution is 9.09. The predicted molar refractivity (Wildman–Crippen MR) is 144 cm³/mol. The maximum atomic E-state index is 13.1. The molecule has 35 heavy (non-hydrogen) atoms. The number of hydrogen-bond acceptors (Lipinski definition) is 2. The smallest absolute Gasteiger partial charge is 0.261 e. The van der Waals surface area contributed by atoms with Gasteiger partial charge in [-0.3, -0.25) is 14.5 Å². The molecule has 0 fully saturated rings. The Kier molecular flexibility index (Phi) is 3.79. The molecule has 4 aromatic carbocycles. The van der Waals surface area contributed by atoms with Crippen molar-refractivity contribution in [3.63, 3.8) is 0 Å². The van der Waals surface area contributed by atoms with Crippen molar-refractivity contribution < 1.29 is 9.59 Å². The van der Waals surface area contributed by atoms with Gasteiger partial charge in [0.15, 0.2) is 0 Å². The van der Waals surface area contributed by atoms with Crippen LogP contribution in [0.25, 0.3) is 21.5 Å². The molecular formula is C31H26BrNO2. The lowest BCUT2D eigenvalue weighted by Crippen LogP contribution is -2.44. The van der Waals surface area contributed by atoms with E-state index in [4.69, 9.17) is 0 Å². The first-order valence-electron chi connectivity index (χ1n) is 12.2. The second-order valence-electron chi connectivity index (χ2n) is 11.4. The van der Waals surface area contributed by atoms with Crippen molar-refractivity contribution in [3.05, 3.63) is 93.5 Å². The summed E-state index contributed by atoms with van der Waals surface area (Å²) in [4.78, 5) is 27.5. The lowest BCUT2D eigenvalue weighted by molar-refractivity contribution is 0.0650. The molecule has 0 aromatic heterocycles. The summed E-state index contributed by atoms with van der Waals surface area (Å²) in [7, 11) is 1.57. The van der Waals surface area contributed by atoms with Gasteiger partial charge in [0.2, 0.25) is 0 Å². The number of halogens is 1. The van der Waals surface area contributed by atoms with Crippen molar-refractivity contribution >= 4 is 49.3 Å². The van der Waals surface area contributed by atoms with E-state index < -0.39 is 0 Å². The molecule has 0 N–H and O–H groups in total. The number of carbonyl (C=O) groups excluding carboxylic acids is 2. The zero-order valence-electron chi connectivity index (χ0n) is 20.5. The van der Waals surface area contributed by atoms with Crippen LogP contribution < -0.4 is 0 Å². The normalized spacial score (nSPS) is 24.5. The maximum absolute atomic E-state index is 13.1. The number of nitrogens with zero attached hydrogens (tertiary/aromatic N) is 1. The van der Waals surface area contributed by atoms with Crippen LogP contribution in [0.1, 0.15) is 82.6 Å². The van der Waals surface area contributed by atoms with Crippen LogP contribution in [0.4, 0.5) is 0 Å². The molecule has 7 rings (SSSR count). The van der Waals surface area contributed by atoms with E-state index in [0.29, 0.717) is 11.1 Å². The van der Waals surface area contributed by atoms with Gasteiger partial charge in [0.05, 0.1) is 0 Å². The van der Waals surface area contributed by atoms with Gasteiger partial charge in [-0.05, 0) is 76.4 Å². The Morgan fingerprint density at radius 2 is 1.26 bits per heavy atom. The van der Waals surface area contributed by atoms with Crippen LogP contribution in [-0.4, -0.2) is 23.8 Å². The number of fused-ring (bicyclic) bond motifs is 6. The number of benzene rings is 4. The van der Waals surface area contributed by atoms with Crippen LogP contribution in [-0.2, 0) is 15.2 Å². The monoisotopic (exact) mass is 523 g/mol. The number of alkyl halides is 1. The molecule has 2 aliphatic carbocycles. The van der Waals surface area contributed by atoms with E-state index >= 15 is 0 Å². The SMILES string of the molecule is CN1C(=O)c2ccc3c4c(ccc(c24)C1=O)C1(C)CC3(C)c2cccc3c(C(C)(C)Br)ccc1c23. The number of hydrogen-bond donors (Lipinski definition) is 0. The third kappa shape index (κ3) is 2.32. The molecule has 0 radical (unpaired) electrons. The van der Waals surface area contributed by atoms with Gasteiger partial charge in [0.1, 0.15) is 0 Å². The number of rotatable bonds is 1. The van der Waals surface area contributed by atoms with Crippen molar-refractivity contribution in [1.29, 1.82) is 0 Å². The molecule has 0 saturated heterocycles. The summed E-state index contributed by atoms with van der Waals surface area (Å²) in [5.41, 5.74) is 7.17. The molecule has 3 nitrogen and oxygen atoms in total. The Balaban J connectivity index is 1.68. The first-order valence-corrected chi connectivity index (χ1v) is 13.0. The fourth-order valence-corrected chi connectivity index (χ4v) is 7.79. The Bertz CT molecular complexity index is 1620. The Labute approximate surface area is 213 Å². The molecule has 0 spiro atoms. The standard InChI is InChI=1S/C31H26BrNO2/c1-29(2,32)19-13-14-21-25-16(19)7-6-8-20(25)30(3)15-31(21,4)23-12-10-18-24-17(9-11-22(30)26(23)24)27(34)33(5)28(18)35/h6-14H,15H2,1-5H3. The van der Waals surface area contributed by atoms with E-state index in [0.717, 1.165) is 17.2 Å². The molecule has 2 atom stereocenters. The molecule has 2 amide bonds. The van der Waals surface area contributed by atoms with Crippen molar-refractivity contribution in [3.8, 4) is 0 Å². The van der Waals surface area contributed by atoms with Crippen molar-refractivity contribution in [2.24, 2.45) is 0 Å². The van der Waals surface area contributed by atoms with Crippen LogP contribution >= 0.6 is 15.9 Å². The van der Waals surface area contributed by atoms with Crippen molar-refractivity contribution in [1.82, 2.24) is 4.90 Å². The average Bonchev–Trinajstić information content (AvgIpc) is 2.82. The van der Waals surface area contributed by atoms with E-state index in [1.54, 1.807) is 7.05 Å². The molecule has 174 valence electrons. The largest absolute Gasteiger partial charge is 0.277 e. The van der Waals surface area contributed by atoms with Gasteiger partial charge in [0.25, 0.3) is 11.8 Å². The minimum Gasteiger partial charge on any atom is -0.277 e. The summed E-state index contributed by atoms with van der Waals surface area (Å²) in [5, 5.41) is 4.57. The third-order valence-corrected chi connectivity index (χ3v) is 9.42. The first kappa shape index (κ1) is 21.3. The second-order valence-corrected chi connectivity index (χ2v) is 13.4. The summed E-state index contributed by atoms with van der Waals surface area (Å²) in [6.45, 7) is 9.10. The number of carbonyl (C=O) groups is 2. The van der Waals surface area contributed by atoms with Crippen molar-refractivity contribution in [2.75, 3.05) is 7.05 Å². The van der Waals surface area contributed by atoms with E-state index in [9.17, 15) is 9.59 Å². The molecular weight excluding hydrogens is 498 g/mol. The minimum absolute atomic E-state index is 0.149. The number of amides is 2. The highest BCUT2D eigenvalue weighted by Gasteiger charge is 2.52. The summed E-state index contributed by atoms with van der Waals surface area (Å²) in [5.74, 6) is -0.437. The highest BCUT2D eigenvalue weighted by atomic mass is 79.9. The van der Waals surface area contributed by atoms with Gasteiger partial charge in [-0.2, -0.15) is 0 Å². The number of imide groups is 1. The molecule has 4 heteroatoms. The zero-order valence-corrected chi connectivity index (χ0v) is 22.1. The first-order chi connectivity index (χ1) is 16.5. The maximum Gasteiger partial charge on any atom is 0.261 e. The average molecular weight is 524 g/mol. The molecule has 1 heterocycles. The van der Waals surface area contributed by atoms with Crippen LogP contribution in [0.15, 0.2) is 54.6 Å². The fourth-order valence-electron chi connectivity index (χ4n) is 7.45. The topological polar surface area (TPSA) is 37.4 Å². The summed E-state index contributed by atoms with van der Waals surface area (Å²) in [6.07, 6.45) is 0.950. The lowest BCUT2D eigenvalue weighted by Gasteiger charge is -2.51.